The molecule has 3 aromatic rings. The zero-order valence-electron chi connectivity index (χ0n) is 14.1. The van der Waals surface area contributed by atoms with Crippen LogP contribution >= 0.6 is 11.3 Å². The van der Waals surface area contributed by atoms with E-state index in [1.54, 1.807) is 11.3 Å². The van der Waals surface area contributed by atoms with Gasteiger partial charge in [-0.05, 0) is 43.9 Å². The lowest BCUT2D eigenvalue weighted by Gasteiger charge is -2.27. The number of hydrogen-bond donors (Lipinski definition) is 1. The second-order valence-corrected chi connectivity index (χ2v) is 7.46. The number of amides is 1. The van der Waals surface area contributed by atoms with Gasteiger partial charge < -0.3 is 9.88 Å². The van der Waals surface area contributed by atoms with Crippen LogP contribution in [-0.2, 0) is 11.3 Å². The second-order valence-electron chi connectivity index (χ2n) is 6.43. The topological polar surface area (TPSA) is 36.1 Å². The fourth-order valence-corrected chi connectivity index (χ4v) is 4.40. The van der Waals surface area contributed by atoms with E-state index in [0.29, 0.717) is 6.54 Å². The number of aromatic amines is 1. The molecule has 0 saturated carbocycles. The van der Waals surface area contributed by atoms with E-state index >= 15 is 0 Å². The van der Waals surface area contributed by atoms with Crippen LogP contribution in [0.25, 0.3) is 10.9 Å². The van der Waals surface area contributed by atoms with Crippen molar-refractivity contribution in [1.29, 1.82) is 0 Å². The number of thiophene rings is 1. The van der Waals surface area contributed by atoms with Gasteiger partial charge in [0.15, 0.2) is 0 Å². The van der Waals surface area contributed by atoms with Gasteiger partial charge in [0, 0.05) is 32.6 Å². The summed E-state index contributed by atoms with van der Waals surface area (Å²) in [6, 6.07) is 12.5. The molecule has 0 aliphatic carbocycles. The first-order valence-corrected chi connectivity index (χ1v) is 9.04. The molecule has 0 fully saturated rings. The molecule has 24 heavy (non-hydrogen) atoms. The molecule has 1 atom stereocenters. The summed E-state index contributed by atoms with van der Waals surface area (Å²) in [6.07, 6.45) is 0. The molecule has 0 saturated heterocycles. The number of H-pyrrole nitrogens is 1. The molecule has 0 bridgehead atoms. The number of carbonyl (C=O) groups is 1. The van der Waals surface area contributed by atoms with Crippen molar-refractivity contribution in [2.75, 3.05) is 0 Å². The molecule has 4 rings (SSSR count). The first-order chi connectivity index (χ1) is 11.6. The molecular formula is C20H20N2OS. The minimum Gasteiger partial charge on any atom is -0.358 e. The van der Waals surface area contributed by atoms with Crippen molar-refractivity contribution < 1.29 is 4.79 Å². The van der Waals surface area contributed by atoms with Crippen molar-refractivity contribution in [3.8, 4) is 0 Å². The van der Waals surface area contributed by atoms with Crippen molar-refractivity contribution in [3.05, 3.63) is 69.1 Å². The van der Waals surface area contributed by atoms with Crippen molar-refractivity contribution in [3.63, 3.8) is 0 Å². The third-order valence-corrected chi connectivity index (χ3v) is 5.88. The number of rotatable bonds is 3. The molecule has 2 aromatic heterocycles. The average molecular weight is 336 g/mol. The van der Waals surface area contributed by atoms with Crippen molar-refractivity contribution >= 4 is 28.1 Å². The largest absolute Gasteiger partial charge is 0.358 e. The van der Waals surface area contributed by atoms with Gasteiger partial charge in [-0.1, -0.05) is 24.3 Å². The van der Waals surface area contributed by atoms with Crippen LogP contribution in [0.2, 0.25) is 0 Å². The third kappa shape index (κ3) is 2.21. The summed E-state index contributed by atoms with van der Waals surface area (Å²) in [5.41, 5.74) is 5.53. The van der Waals surface area contributed by atoms with Crippen LogP contribution in [-0.4, -0.2) is 15.8 Å². The van der Waals surface area contributed by atoms with Crippen LogP contribution in [0.1, 0.15) is 36.0 Å². The highest BCUT2D eigenvalue weighted by Gasteiger charge is 2.37. The Kier molecular flexibility index (Phi) is 3.57. The smallest absolute Gasteiger partial charge is 0.250 e. The van der Waals surface area contributed by atoms with Gasteiger partial charge in [0.2, 0.25) is 0 Å². The van der Waals surface area contributed by atoms with Gasteiger partial charge in [-0.25, -0.2) is 0 Å². The number of fused-ring (bicyclic) bond motifs is 1. The van der Waals surface area contributed by atoms with E-state index in [9.17, 15) is 4.79 Å². The van der Waals surface area contributed by atoms with E-state index < -0.39 is 0 Å². The minimum absolute atomic E-state index is 0.00995. The molecule has 1 aliphatic rings. The molecule has 3 nitrogen and oxygen atoms in total. The average Bonchev–Trinajstić information content (AvgIpc) is 3.24. The Bertz CT molecular complexity index is 949. The SMILES string of the molecule is CC1=C(C)[C@H](c2c(C)[nH]c3ccccc23)N(Cc2cccs2)C1=O. The fraction of sp³-hybridized carbons (Fsp3) is 0.250. The van der Waals surface area contributed by atoms with Gasteiger partial charge in [0.05, 0.1) is 12.6 Å². The van der Waals surface area contributed by atoms with Crippen LogP contribution in [0.4, 0.5) is 0 Å². The van der Waals surface area contributed by atoms with Crippen LogP contribution in [0, 0.1) is 6.92 Å². The summed E-state index contributed by atoms with van der Waals surface area (Å²) in [7, 11) is 0. The monoisotopic (exact) mass is 336 g/mol. The summed E-state index contributed by atoms with van der Waals surface area (Å²) in [5, 5.41) is 3.27. The predicted octanol–water partition coefficient (Wildman–Crippen LogP) is 4.96. The number of benzene rings is 1. The maximum atomic E-state index is 12.9. The van der Waals surface area contributed by atoms with E-state index in [-0.39, 0.29) is 11.9 Å². The highest BCUT2D eigenvalue weighted by molar-refractivity contribution is 7.09. The van der Waals surface area contributed by atoms with Gasteiger partial charge in [0.25, 0.3) is 5.91 Å². The highest BCUT2D eigenvalue weighted by Crippen LogP contribution is 2.42. The maximum absolute atomic E-state index is 12.9. The second kappa shape index (κ2) is 5.64. The van der Waals surface area contributed by atoms with E-state index in [0.717, 1.165) is 22.4 Å². The van der Waals surface area contributed by atoms with Gasteiger partial charge in [0.1, 0.15) is 0 Å². The van der Waals surface area contributed by atoms with Gasteiger partial charge in [-0.15, -0.1) is 11.3 Å². The molecule has 3 heterocycles. The van der Waals surface area contributed by atoms with E-state index in [4.69, 9.17) is 0 Å². The molecular weight excluding hydrogens is 316 g/mol. The van der Waals surface area contributed by atoms with Crippen molar-refractivity contribution in [2.24, 2.45) is 0 Å². The Labute approximate surface area is 145 Å². The lowest BCUT2D eigenvalue weighted by Crippen LogP contribution is -2.29. The standard InChI is InChI=1S/C20H20N2OS/c1-12-13(2)20(23)22(11-15-7-6-10-24-15)19(12)18-14(3)21-17-9-5-4-8-16(17)18/h4-10,19,21H,11H2,1-3H3/t19-/m1/s1. The number of aryl methyl sites for hydroxylation is 1. The zero-order chi connectivity index (χ0) is 16.8. The maximum Gasteiger partial charge on any atom is 0.250 e. The first kappa shape index (κ1) is 15.2. The number of carbonyl (C=O) groups excluding carboxylic acids is 1. The first-order valence-electron chi connectivity index (χ1n) is 8.16. The lowest BCUT2D eigenvalue weighted by molar-refractivity contribution is -0.127. The molecule has 1 aromatic carbocycles. The Hall–Kier alpha value is -2.33. The fourth-order valence-electron chi connectivity index (χ4n) is 3.70. The minimum atomic E-state index is 0.00995. The Morgan fingerprint density at radius 1 is 1.12 bits per heavy atom. The number of nitrogens with zero attached hydrogens (tertiary/aromatic N) is 1. The summed E-state index contributed by atoms with van der Waals surface area (Å²) < 4.78 is 0. The van der Waals surface area contributed by atoms with E-state index in [1.807, 2.05) is 24.0 Å². The summed E-state index contributed by atoms with van der Waals surface area (Å²) >= 11 is 1.70. The molecule has 122 valence electrons. The third-order valence-electron chi connectivity index (χ3n) is 5.02. The quantitative estimate of drug-likeness (QED) is 0.721. The van der Waals surface area contributed by atoms with Gasteiger partial charge in [-0.2, -0.15) is 0 Å². The normalized spacial score (nSPS) is 18.2. The molecule has 0 unspecified atom stereocenters. The van der Waals surface area contributed by atoms with Crippen LogP contribution in [0.15, 0.2) is 52.9 Å². The van der Waals surface area contributed by atoms with Crippen LogP contribution in [0.5, 0.6) is 0 Å². The molecule has 0 spiro atoms. The number of para-hydroxylation sites is 1. The number of aromatic nitrogens is 1. The predicted molar refractivity (Wildman–Crippen MR) is 99.0 cm³/mol. The van der Waals surface area contributed by atoms with Crippen molar-refractivity contribution in [2.45, 2.75) is 33.4 Å². The number of nitrogens with one attached hydrogen (secondary N) is 1. The summed E-state index contributed by atoms with van der Waals surface area (Å²) in [5.74, 6) is 0.149. The molecule has 1 N–H and O–H groups in total. The number of hydrogen-bond acceptors (Lipinski definition) is 2. The summed E-state index contributed by atoms with van der Waals surface area (Å²) in [4.78, 5) is 19.6. The Morgan fingerprint density at radius 3 is 2.67 bits per heavy atom. The van der Waals surface area contributed by atoms with E-state index in [2.05, 4.69) is 48.5 Å². The van der Waals surface area contributed by atoms with Crippen LogP contribution < -0.4 is 0 Å². The molecule has 1 amide bonds. The zero-order valence-corrected chi connectivity index (χ0v) is 14.9. The molecule has 0 radical (unpaired) electrons. The van der Waals surface area contributed by atoms with Crippen molar-refractivity contribution in [1.82, 2.24) is 9.88 Å². The Morgan fingerprint density at radius 2 is 1.92 bits per heavy atom. The highest BCUT2D eigenvalue weighted by atomic mass is 32.1. The van der Waals surface area contributed by atoms with Gasteiger partial charge >= 0.3 is 0 Å². The molecule has 1 aliphatic heterocycles. The Balaban J connectivity index is 1.86. The van der Waals surface area contributed by atoms with Crippen LogP contribution in [0.3, 0.4) is 0 Å². The van der Waals surface area contributed by atoms with Gasteiger partial charge in [-0.3, -0.25) is 4.79 Å². The lowest BCUT2D eigenvalue weighted by atomic mass is 9.96. The van der Waals surface area contributed by atoms with E-state index in [1.165, 1.54) is 15.8 Å². The molecule has 4 heteroatoms. The summed E-state index contributed by atoms with van der Waals surface area (Å²) in [6.45, 7) is 6.80.